The quantitative estimate of drug-likeness (QED) is 0.186. The van der Waals surface area contributed by atoms with Crippen LogP contribution >= 0.6 is 23.2 Å². The van der Waals surface area contributed by atoms with E-state index in [1.54, 1.807) is 35.2 Å². The molecule has 0 radical (unpaired) electrons. The third-order valence-electron chi connectivity index (χ3n) is 7.89. The fourth-order valence-electron chi connectivity index (χ4n) is 5.61. The van der Waals surface area contributed by atoms with Crippen molar-refractivity contribution in [1.82, 2.24) is 35.3 Å². The van der Waals surface area contributed by atoms with E-state index in [4.69, 9.17) is 28.3 Å². The van der Waals surface area contributed by atoms with Gasteiger partial charge in [-0.15, -0.1) is 5.10 Å². The summed E-state index contributed by atoms with van der Waals surface area (Å²) < 4.78 is 40.1. The number of anilines is 1. The standard InChI is InChI=1S/C32H27Cl2F3N8O2/c33-25-13-24(14-26(34)15-25)27-16-28(45(41-27)18-20-3-5-22(6-4-20)29(46)38-31-39-42-43-40-31)21-9-11-44(12-10-21)30(47)23-7-1-19(2-8-23)17-32(35,36)37/h1-8,13-16,21H,9-12,17-18H2,(H2,38,39,40,42,43,46). The maximum Gasteiger partial charge on any atom is 0.393 e. The lowest BCUT2D eigenvalue weighted by Gasteiger charge is -2.32. The van der Waals surface area contributed by atoms with E-state index in [2.05, 4.69) is 25.9 Å². The Bertz CT molecular complexity index is 1850. The molecular formula is C32H27Cl2F3N8O2. The highest BCUT2D eigenvalue weighted by Crippen LogP contribution is 2.34. The summed E-state index contributed by atoms with van der Waals surface area (Å²) in [5, 5.41) is 21.6. The largest absolute Gasteiger partial charge is 0.393 e. The Morgan fingerprint density at radius 2 is 1.53 bits per heavy atom. The van der Waals surface area contributed by atoms with E-state index >= 15 is 0 Å². The second kappa shape index (κ2) is 13.5. The maximum atomic E-state index is 13.2. The van der Waals surface area contributed by atoms with Gasteiger partial charge in [-0.2, -0.15) is 23.5 Å². The summed E-state index contributed by atoms with van der Waals surface area (Å²) >= 11 is 12.6. The van der Waals surface area contributed by atoms with Gasteiger partial charge >= 0.3 is 6.18 Å². The summed E-state index contributed by atoms with van der Waals surface area (Å²) in [4.78, 5) is 27.5. The average molecular weight is 684 g/mol. The Labute approximate surface area is 276 Å². The molecule has 1 aliphatic rings. The molecule has 5 aromatic rings. The van der Waals surface area contributed by atoms with Gasteiger partial charge in [0.25, 0.3) is 17.8 Å². The molecule has 0 spiro atoms. The van der Waals surface area contributed by atoms with Gasteiger partial charge in [0, 0.05) is 51.4 Å². The molecule has 3 aromatic carbocycles. The lowest BCUT2D eigenvalue weighted by Crippen LogP contribution is -2.38. The van der Waals surface area contributed by atoms with E-state index in [0.717, 1.165) is 16.8 Å². The number of carbonyl (C=O) groups is 2. The van der Waals surface area contributed by atoms with Gasteiger partial charge in [0.05, 0.1) is 18.7 Å². The minimum atomic E-state index is -4.31. The van der Waals surface area contributed by atoms with Crippen LogP contribution in [0.1, 0.15) is 56.3 Å². The molecule has 0 bridgehead atoms. The van der Waals surface area contributed by atoms with Crippen LogP contribution in [0.25, 0.3) is 11.3 Å². The molecule has 15 heteroatoms. The lowest BCUT2D eigenvalue weighted by atomic mass is 9.92. The number of tetrazole rings is 1. The zero-order chi connectivity index (χ0) is 33.1. The Morgan fingerprint density at radius 3 is 2.15 bits per heavy atom. The van der Waals surface area contributed by atoms with Crippen LogP contribution in [-0.4, -0.2) is 66.4 Å². The summed E-state index contributed by atoms with van der Waals surface area (Å²) in [6.45, 7) is 1.36. The van der Waals surface area contributed by atoms with Crippen LogP contribution in [0.4, 0.5) is 19.1 Å². The van der Waals surface area contributed by atoms with E-state index in [1.807, 2.05) is 22.9 Å². The van der Waals surface area contributed by atoms with Crippen molar-refractivity contribution in [3.63, 3.8) is 0 Å². The summed E-state index contributed by atoms with van der Waals surface area (Å²) in [6, 6.07) is 19.9. The van der Waals surface area contributed by atoms with Gasteiger partial charge in [0.15, 0.2) is 0 Å². The second-order valence-electron chi connectivity index (χ2n) is 11.2. The molecule has 0 saturated carbocycles. The number of nitrogens with one attached hydrogen (secondary N) is 2. The number of nitrogens with zero attached hydrogens (tertiary/aromatic N) is 6. The Hall–Kier alpha value is -4.75. The van der Waals surface area contributed by atoms with Gasteiger partial charge in [-0.3, -0.25) is 19.6 Å². The Balaban J connectivity index is 1.19. The lowest BCUT2D eigenvalue weighted by molar-refractivity contribution is -0.127. The van der Waals surface area contributed by atoms with E-state index in [9.17, 15) is 22.8 Å². The van der Waals surface area contributed by atoms with E-state index in [1.165, 1.54) is 24.3 Å². The molecule has 2 aromatic heterocycles. The van der Waals surface area contributed by atoms with E-state index in [0.29, 0.717) is 59.3 Å². The average Bonchev–Trinajstić information content (AvgIpc) is 3.71. The van der Waals surface area contributed by atoms with Crippen molar-refractivity contribution in [2.45, 2.75) is 37.9 Å². The van der Waals surface area contributed by atoms with Crippen molar-refractivity contribution in [1.29, 1.82) is 0 Å². The number of aromatic nitrogens is 6. The molecule has 2 amide bonds. The normalized spacial score (nSPS) is 13.9. The molecule has 242 valence electrons. The number of hydrogen-bond donors (Lipinski definition) is 2. The van der Waals surface area contributed by atoms with Crippen LogP contribution in [0.5, 0.6) is 0 Å². The molecule has 0 atom stereocenters. The molecule has 3 heterocycles. The number of amides is 2. The monoisotopic (exact) mass is 682 g/mol. The topological polar surface area (TPSA) is 122 Å². The number of alkyl halides is 3. The van der Waals surface area contributed by atoms with Crippen molar-refractivity contribution < 1.29 is 22.8 Å². The first-order chi connectivity index (χ1) is 22.5. The van der Waals surface area contributed by atoms with Gasteiger partial charge in [-0.25, -0.2) is 0 Å². The number of piperidine rings is 1. The zero-order valence-electron chi connectivity index (χ0n) is 24.6. The number of hydrogen-bond acceptors (Lipinski definition) is 6. The predicted octanol–water partition coefficient (Wildman–Crippen LogP) is 6.80. The van der Waals surface area contributed by atoms with E-state index in [-0.39, 0.29) is 29.2 Å². The van der Waals surface area contributed by atoms with Crippen molar-refractivity contribution in [3.05, 3.63) is 111 Å². The highest BCUT2D eigenvalue weighted by atomic mass is 35.5. The van der Waals surface area contributed by atoms with Crippen molar-refractivity contribution in [2.75, 3.05) is 18.4 Å². The minimum absolute atomic E-state index is 0.0699. The van der Waals surface area contributed by atoms with Crippen LogP contribution in [0.3, 0.4) is 0 Å². The third kappa shape index (κ3) is 7.98. The predicted molar refractivity (Wildman–Crippen MR) is 169 cm³/mol. The van der Waals surface area contributed by atoms with Gasteiger partial charge in [0.1, 0.15) is 0 Å². The number of likely N-dealkylation sites (tertiary alicyclic amines) is 1. The SMILES string of the molecule is O=C(Nc1nn[nH]n1)c1ccc(Cn2nc(-c3cc(Cl)cc(Cl)c3)cc2C2CCN(C(=O)c3ccc(CC(F)(F)F)cc3)CC2)cc1. The van der Waals surface area contributed by atoms with Crippen molar-refractivity contribution in [2.24, 2.45) is 0 Å². The fourth-order valence-corrected chi connectivity index (χ4v) is 6.14. The Morgan fingerprint density at radius 1 is 0.894 bits per heavy atom. The maximum absolute atomic E-state index is 13.2. The van der Waals surface area contributed by atoms with Crippen LogP contribution < -0.4 is 5.32 Å². The van der Waals surface area contributed by atoms with Gasteiger partial charge in [-0.1, -0.05) is 52.6 Å². The van der Waals surface area contributed by atoms with Crippen LogP contribution in [0.2, 0.25) is 10.0 Å². The van der Waals surface area contributed by atoms with Crippen LogP contribution in [0, 0.1) is 0 Å². The molecule has 6 rings (SSSR count). The van der Waals surface area contributed by atoms with Crippen molar-refractivity contribution in [3.8, 4) is 11.3 Å². The zero-order valence-corrected chi connectivity index (χ0v) is 26.1. The highest BCUT2D eigenvalue weighted by Gasteiger charge is 2.29. The highest BCUT2D eigenvalue weighted by molar-refractivity contribution is 6.35. The van der Waals surface area contributed by atoms with Crippen LogP contribution in [-0.2, 0) is 13.0 Å². The first kappa shape index (κ1) is 32.2. The number of benzene rings is 3. The second-order valence-corrected chi connectivity index (χ2v) is 12.1. The molecule has 1 saturated heterocycles. The van der Waals surface area contributed by atoms with Gasteiger partial charge in [0.2, 0.25) is 0 Å². The summed E-state index contributed by atoms with van der Waals surface area (Å²) in [5.41, 5.74) is 4.21. The summed E-state index contributed by atoms with van der Waals surface area (Å²) in [6.07, 6.45) is -4.02. The van der Waals surface area contributed by atoms with Gasteiger partial charge < -0.3 is 4.90 Å². The number of carbonyl (C=O) groups excluding carboxylic acids is 2. The fraction of sp³-hybridized carbons (Fsp3) is 0.250. The van der Waals surface area contributed by atoms with Crippen molar-refractivity contribution >= 4 is 41.0 Å². The first-order valence-corrected chi connectivity index (χ1v) is 15.4. The third-order valence-corrected chi connectivity index (χ3v) is 8.33. The number of H-pyrrole nitrogens is 1. The molecule has 47 heavy (non-hydrogen) atoms. The molecule has 2 N–H and O–H groups in total. The number of rotatable bonds is 8. The number of halogens is 5. The molecule has 10 nitrogen and oxygen atoms in total. The van der Waals surface area contributed by atoms with Crippen LogP contribution in [0.15, 0.2) is 72.8 Å². The summed E-state index contributed by atoms with van der Waals surface area (Å²) in [7, 11) is 0. The minimum Gasteiger partial charge on any atom is -0.339 e. The van der Waals surface area contributed by atoms with E-state index < -0.39 is 12.6 Å². The molecule has 0 aliphatic carbocycles. The molecule has 0 unspecified atom stereocenters. The number of aromatic amines is 1. The molecule has 1 fully saturated rings. The molecular weight excluding hydrogens is 656 g/mol. The summed E-state index contributed by atoms with van der Waals surface area (Å²) in [5.74, 6) is -0.450. The smallest absolute Gasteiger partial charge is 0.339 e. The Kier molecular flexibility index (Phi) is 9.28. The molecule has 1 aliphatic heterocycles. The first-order valence-electron chi connectivity index (χ1n) is 14.6. The van der Waals surface area contributed by atoms with Gasteiger partial charge in [-0.05, 0) is 77.7 Å².